The van der Waals surface area contributed by atoms with E-state index in [0.29, 0.717) is 24.0 Å². The largest absolute Gasteiger partial charge is 0.421 e. The molecule has 0 aliphatic carbocycles. The molecule has 0 spiro atoms. The second-order valence-electron chi connectivity index (χ2n) is 4.23. The van der Waals surface area contributed by atoms with E-state index >= 15 is 0 Å². The predicted molar refractivity (Wildman–Crippen MR) is 60.8 cm³/mol. The first-order chi connectivity index (χ1) is 7.75. The van der Waals surface area contributed by atoms with Gasteiger partial charge in [-0.15, -0.1) is 0 Å². The average molecular weight is 246 g/mol. The van der Waals surface area contributed by atoms with Crippen molar-refractivity contribution in [1.82, 2.24) is 0 Å². The smallest absolute Gasteiger partial charge is 0.376 e. The Hall–Kier alpha value is -1.03. The minimum atomic E-state index is -4.66. The van der Waals surface area contributed by atoms with Gasteiger partial charge in [0.05, 0.1) is 0 Å². The second kappa shape index (κ2) is 4.69. The molecule has 0 aromatic heterocycles. The molecule has 0 radical (unpaired) electrons. The topological polar surface area (TPSA) is 20.2 Å². The Balaban J connectivity index is 3.47. The van der Waals surface area contributed by atoms with Crippen LogP contribution in [0, 0.1) is 0 Å². The molecule has 4 heteroatoms. The molecule has 0 aliphatic heterocycles. The highest BCUT2D eigenvalue weighted by atomic mass is 19.4. The Bertz CT molecular complexity index is 372. The standard InChI is InChI=1S/C13H17F3O/c1-4-9-7-6-8-10(5-2)11(9)12(3,17)13(14,15)16/h6-8,17H,4-5H2,1-3H3. The van der Waals surface area contributed by atoms with Gasteiger partial charge in [0, 0.05) is 0 Å². The molecule has 1 unspecified atom stereocenters. The van der Waals surface area contributed by atoms with Crippen LogP contribution in [0.1, 0.15) is 37.5 Å². The van der Waals surface area contributed by atoms with Crippen molar-refractivity contribution in [2.24, 2.45) is 0 Å². The summed E-state index contributed by atoms with van der Waals surface area (Å²) >= 11 is 0. The van der Waals surface area contributed by atoms with E-state index in [4.69, 9.17) is 0 Å². The van der Waals surface area contributed by atoms with Gasteiger partial charge in [0.15, 0.2) is 5.60 Å². The van der Waals surface area contributed by atoms with Crippen LogP contribution in [0.3, 0.4) is 0 Å². The van der Waals surface area contributed by atoms with Gasteiger partial charge in [0.25, 0.3) is 0 Å². The zero-order valence-electron chi connectivity index (χ0n) is 10.2. The van der Waals surface area contributed by atoms with Crippen LogP contribution in [0.5, 0.6) is 0 Å². The highest BCUT2D eigenvalue weighted by Gasteiger charge is 2.52. The fourth-order valence-electron chi connectivity index (χ4n) is 2.01. The quantitative estimate of drug-likeness (QED) is 0.864. The number of hydrogen-bond donors (Lipinski definition) is 1. The first-order valence-corrected chi connectivity index (χ1v) is 5.66. The third kappa shape index (κ3) is 2.46. The summed E-state index contributed by atoms with van der Waals surface area (Å²) in [5.41, 5.74) is -1.68. The van der Waals surface area contributed by atoms with E-state index in [9.17, 15) is 18.3 Å². The lowest BCUT2D eigenvalue weighted by Gasteiger charge is -2.30. The number of aryl methyl sites for hydroxylation is 2. The van der Waals surface area contributed by atoms with E-state index in [1.54, 1.807) is 32.0 Å². The summed E-state index contributed by atoms with van der Waals surface area (Å²) in [6, 6.07) is 5.00. The maximum atomic E-state index is 12.9. The van der Waals surface area contributed by atoms with E-state index in [0.717, 1.165) is 6.92 Å². The molecule has 0 saturated carbocycles. The molecule has 0 bridgehead atoms. The summed E-state index contributed by atoms with van der Waals surface area (Å²) in [6.45, 7) is 4.39. The van der Waals surface area contributed by atoms with Gasteiger partial charge in [-0.25, -0.2) is 0 Å². The van der Waals surface area contributed by atoms with Gasteiger partial charge in [0.2, 0.25) is 0 Å². The van der Waals surface area contributed by atoms with Gasteiger partial charge in [0.1, 0.15) is 0 Å². The average Bonchev–Trinajstić information content (AvgIpc) is 2.26. The lowest BCUT2D eigenvalue weighted by atomic mass is 9.85. The van der Waals surface area contributed by atoms with Gasteiger partial charge in [-0.3, -0.25) is 0 Å². The molecule has 0 aliphatic rings. The Morgan fingerprint density at radius 3 is 1.76 bits per heavy atom. The summed E-state index contributed by atoms with van der Waals surface area (Å²) < 4.78 is 38.7. The molecule has 1 atom stereocenters. The Labute approximate surface area is 99.3 Å². The molecular weight excluding hydrogens is 229 g/mol. The van der Waals surface area contributed by atoms with Crippen LogP contribution in [0.15, 0.2) is 18.2 Å². The van der Waals surface area contributed by atoms with Gasteiger partial charge in [-0.2, -0.15) is 13.2 Å². The van der Waals surface area contributed by atoms with Crippen LogP contribution in [-0.4, -0.2) is 11.3 Å². The Morgan fingerprint density at radius 1 is 1.06 bits per heavy atom. The number of halogens is 3. The number of alkyl halides is 3. The van der Waals surface area contributed by atoms with Crippen LogP contribution in [0.2, 0.25) is 0 Å². The van der Waals surface area contributed by atoms with Crippen molar-refractivity contribution in [3.05, 3.63) is 34.9 Å². The van der Waals surface area contributed by atoms with Crippen molar-refractivity contribution >= 4 is 0 Å². The highest BCUT2D eigenvalue weighted by Crippen LogP contribution is 2.41. The van der Waals surface area contributed by atoms with Gasteiger partial charge in [-0.1, -0.05) is 32.0 Å². The van der Waals surface area contributed by atoms with Crippen LogP contribution in [0.4, 0.5) is 13.2 Å². The van der Waals surface area contributed by atoms with E-state index in [1.165, 1.54) is 0 Å². The summed E-state index contributed by atoms with van der Waals surface area (Å²) in [5.74, 6) is 0. The molecule has 0 heterocycles. The van der Waals surface area contributed by atoms with Crippen LogP contribution in [-0.2, 0) is 18.4 Å². The van der Waals surface area contributed by atoms with Gasteiger partial charge >= 0.3 is 6.18 Å². The van der Waals surface area contributed by atoms with Crippen molar-refractivity contribution in [3.8, 4) is 0 Å². The normalized spacial score (nSPS) is 15.7. The van der Waals surface area contributed by atoms with Crippen molar-refractivity contribution in [3.63, 3.8) is 0 Å². The molecule has 1 N–H and O–H groups in total. The lowest BCUT2D eigenvalue weighted by molar-refractivity contribution is -0.259. The monoisotopic (exact) mass is 246 g/mol. The first-order valence-electron chi connectivity index (χ1n) is 5.66. The fraction of sp³-hybridized carbons (Fsp3) is 0.538. The van der Waals surface area contributed by atoms with Crippen molar-refractivity contribution in [1.29, 1.82) is 0 Å². The van der Waals surface area contributed by atoms with E-state index in [-0.39, 0.29) is 5.56 Å². The first kappa shape index (κ1) is 14.0. The highest BCUT2D eigenvalue weighted by molar-refractivity contribution is 5.40. The van der Waals surface area contributed by atoms with E-state index in [2.05, 4.69) is 0 Å². The van der Waals surface area contributed by atoms with Crippen LogP contribution < -0.4 is 0 Å². The third-order valence-corrected chi connectivity index (χ3v) is 3.04. The number of rotatable bonds is 3. The van der Waals surface area contributed by atoms with Crippen LogP contribution >= 0.6 is 0 Å². The Morgan fingerprint density at radius 2 is 1.47 bits per heavy atom. The third-order valence-electron chi connectivity index (χ3n) is 3.04. The van der Waals surface area contributed by atoms with Crippen molar-refractivity contribution in [2.75, 3.05) is 0 Å². The molecule has 17 heavy (non-hydrogen) atoms. The molecule has 0 fully saturated rings. The number of hydrogen-bond acceptors (Lipinski definition) is 1. The Kier molecular flexibility index (Phi) is 3.87. The molecule has 1 aromatic carbocycles. The lowest BCUT2D eigenvalue weighted by Crippen LogP contribution is -2.40. The summed E-state index contributed by atoms with van der Waals surface area (Å²) in [7, 11) is 0. The van der Waals surface area contributed by atoms with E-state index < -0.39 is 11.8 Å². The van der Waals surface area contributed by atoms with Gasteiger partial charge < -0.3 is 5.11 Å². The van der Waals surface area contributed by atoms with E-state index in [1.807, 2.05) is 0 Å². The molecule has 1 rings (SSSR count). The maximum absolute atomic E-state index is 12.9. The molecular formula is C13H17F3O. The zero-order valence-corrected chi connectivity index (χ0v) is 10.2. The number of aliphatic hydroxyl groups is 1. The maximum Gasteiger partial charge on any atom is 0.421 e. The van der Waals surface area contributed by atoms with Crippen molar-refractivity contribution in [2.45, 2.75) is 45.4 Å². The zero-order chi connectivity index (χ0) is 13.3. The minimum absolute atomic E-state index is 0.0116. The minimum Gasteiger partial charge on any atom is -0.376 e. The summed E-state index contributed by atoms with van der Waals surface area (Å²) in [6.07, 6.45) is -3.73. The number of benzene rings is 1. The SMILES string of the molecule is CCc1cccc(CC)c1C(C)(O)C(F)(F)F. The molecule has 0 saturated heterocycles. The second-order valence-corrected chi connectivity index (χ2v) is 4.23. The molecule has 0 amide bonds. The fourth-order valence-corrected chi connectivity index (χ4v) is 2.01. The van der Waals surface area contributed by atoms with Gasteiger partial charge in [-0.05, 0) is 36.5 Å². The molecule has 1 aromatic rings. The summed E-state index contributed by atoms with van der Waals surface area (Å²) in [4.78, 5) is 0. The van der Waals surface area contributed by atoms with Crippen molar-refractivity contribution < 1.29 is 18.3 Å². The van der Waals surface area contributed by atoms with Crippen LogP contribution in [0.25, 0.3) is 0 Å². The predicted octanol–water partition coefficient (Wildman–Crippen LogP) is 3.58. The summed E-state index contributed by atoms with van der Waals surface area (Å²) in [5, 5.41) is 9.82. The molecule has 1 nitrogen and oxygen atoms in total. The molecule has 96 valence electrons.